The van der Waals surface area contributed by atoms with Crippen LogP contribution in [0.1, 0.15) is 21.8 Å². The summed E-state index contributed by atoms with van der Waals surface area (Å²) in [5, 5.41) is 20.4. The second kappa shape index (κ2) is 11.4. The molecule has 10 nitrogen and oxygen atoms in total. The number of hydrogen-bond acceptors (Lipinski definition) is 9. The standard InChI is InChI=1S/C30H25N3O7/c1-38-19-14-12-18(13-15-19)23-20(28(34)35)10-7-11-22(23)33-26(30(37)40-3)25(29(36)39-2)24(21(16-31)27(33)32)17-8-5-4-6-9-17/h4-15,24H,32H2,1-3H3,(H,34,35). The molecule has 1 aliphatic rings. The van der Waals surface area contributed by atoms with E-state index in [0.717, 1.165) is 14.2 Å². The number of carbonyl (C=O) groups is 3. The van der Waals surface area contributed by atoms with Crippen LogP contribution in [-0.4, -0.2) is 44.3 Å². The molecule has 0 saturated heterocycles. The molecule has 1 unspecified atom stereocenters. The van der Waals surface area contributed by atoms with E-state index in [2.05, 4.69) is 6.07 Å². The van der Waals surface area contributed by atoms with E-state index in [1.54, 1.807) is 54.6 Å². The van der Waals surface area contributed by atoms with Gasteiger partial charge in [-0.2, -0.15) is 5.26 Å². The van der Waals surface area contributed by atoms with Gasteiger partial charge in [0.25, 0.3) is 0 Å². The number of methoxy groups -OCH3 is 3. The third kappa shape index (κ3) is 4.72. The number of benzene rings is 3. The summed E-state index contributed by atoms with van der Waals surface area (Å²) in [4.78, 5) is 40.3. The van der Waals surface area contributed by atoms with Gasteiger partial charge in [-0.15, -0.1) is 0 Å². The van der Waals surface area contributed by atoms with E-state index in [0.29, 0.717) is 16.9 Å². The molecule has 0 amide bonds. The largest absolute Gasteiger partial charge is 0.497 e. The number of nitriles is 1. The molecule has 3 aromatic carbocycles. The summed E-state index contributed by atoms with van der Waals surface area (Å²) in [5.41, 5.74) is 7.25. The van der Waals surface area contributed by atoms with Crippen molar-refractivity contribution in [3.05, 3.63) is 107 Å². The highest BCUT2D eigenvalue weighted by Gasteiger charge is 2.43. The van der Waals surface area contributed by atoms with Gasteiger partial charge in [0.05, 0.1) is 55.7 Å². The van der Waals surface area contributed by atoms with E-state index in [1.807, 2.05) is 0 Å². The number of carboxylic acid groups (broad SMARTS) is 1. The van der Waals surface area contributed by atoms with E-state index in [9.17, 15) is 24.8 Å². The summed E-state index contributed by atoms with van der Waals surface area (Å²) in [6, 6.07) is 21.7. The number of aromatic carboxylic acids is 1. The lowest BCUT2D eigenvalue weighted by molar-refractivity contribution is -0.139. The molecule has 0 aliphatic carbocycles. The zero-order valence-corrected chi connectivity index (χ0v) is 21.9. The maximum absolute atomic E-state index is 13.4. The molecule has 1 atom stereocenters. The lowest BCUT2D eigenvalue weighted by Gasteiger charge is -2.37. The van der Waals surface area contributed by atoms with E-state index in [1.165, 1.54) is 30.2 Å². The normalized spacial score (nSPS) is 14.8. The van der Waals surface area contributed by atoms with E-state index >= 15 is 0 Å². The zero-order valence-electron chi connectivity index (χ0n) is 21.9. The second-order valence-corrected chi connectivity index (χ2v) is 8.57. The number of nitrogens with two attached hydrogens (primary N) is 1. The Morgan fingerprint density at radius 2 is 1.55 bits per heavy atom. The lowest BCUT2D eigenvalue weighted by atomic mass is 9.80. The van der Waals surface area contributed by atoms with Gasteiger partial charge in [0.15, 0.2) is 0 Å². The summed E-state index contributed by atoms with van der Waals surface area (Å²) < 4.78 is 15.4. The van der Waals surface area contributed by atoms with Crippen LogP contribution >= 0.6 is 0 Å². The number of anilines is 1. The molecule has 10 heteroatoms. The first-order valence-electron chi connectivity index (χ1n) is 11.9. The molecule has 0 bridgehead atoms. The fourth-order valence-corrected chi connectivity index (χ4v) is 4.73. The molecule has 0 aromatic heterocycles. The molecule has 1 heterocycles. The number of esters is 2. The number of carboxylic acids is 1. The molecule has 4 rings (SSSR count). The Morgan fingerprint density at radius 1 is 0.900 bits per heavy atom. The molecule has 3 N–H and O–H groups in total. The SMILES string of the molecule is COC(=O)C1=C(C(=O)OC)N(c2cccc(C(=O)O)c2-c2ccc(OC)cc2)C(N)=C(C#N)C1c1ccccc1. The Morgan fingerprint density at radius 3 is 2.10 bits per heavy atom. The van der Waals surface area contributed by atoms with Gasteiger partial charge in [0, 0.05) is 5.56 Å². The third-order valence-corrected chi connectivity index (χ3v) is 6.50. The first kappa shape index (κ1) is 27.5. The predicted octanol–water partition coefficient (Wildman–Crippen LogP) is 3.96. The smallest absolute Gasteiger partial charge is 0.355 e. The Balaban J connectivity index is 2.14. The van der Waals surface area contributed by atoms with Gasteiger partial charge in [-0.3, -0.25) is 4.90 Å². The van der Waals surface area contributed by atoms with Gasteiger partial charge < -0.3 is 25.1 Å². The molecule has 0 fully saturated rings. The molecule has 1 aliphatic heterocycles. The molecular weight excluding hydrogens is 514 g/mol. The van der Waals surface area contributed by atoms with Crippen LogP contribution in [0.25, 0.3) is 11.1 Å². The fourth-order valence-electron chi connectivity index (χ4n) is 4.73. The van der Waals surface area contributed by atoms with Crippen LogP contribution in [0.2, 0.25) is 0 Å². The van der Waals surface area contributed by atoms with Gasteiger partial charge in [0.1, 0.15) is 17.3 Å². The summed E-state index contributed by atoms with van der Waals surface area (Å²) in [6.07, 6.45) is 0. The average Bonchev–Trinajstić information content (AvgIpc) is 2.99. The highest BCUT2D eigenvalue weighted by molar-refractivity contribution is 6.09. The quantitative estimate of drug-likeness (QED) is 0.422. The first-order chi connectivity index (χ1) is 19.3. The molecular formula is C30H25N3O7. The van der Waals surface area contributed by atoms with Crippen LogP contribution in [-0.2, 0) is 19.1 Å². The maximum Gasteiger partial charge on any atom is 0.355 e. The summed E-state index contributed by atoms with van der Waals surface area (Å²) >= 11 is 0. The Bertz CT molecular complexity index is 1590. The summed E-state index contributed by atoms with van der Waals surface area (Å²) in [7, 11) is 3.79. The van der Waals surface area contributed by atoms with Crippen molar-refractivity contribution in [3.63, 3.8) is 0 Å². The van der Waals surface area contributed by atoms with Gasteiger partial charge in [-0.05, 0) is 35.4 Å². The lowest BCUT2D eigenvalue weighted by Crippen LogP contribution is -2.41. The minimum atomic E-state index is -1.24. The van der Waals surface area contributed by atoms with E-state index in [-0.39, 0.29) is 39.5 Å². The number of ether oxygens (including phenoxy) is 3. The van der Waals surface area contributed by atoms with Crippen molar-refractivity contribution in [2.24, 2.45) is 5.73 Å². The number of carbonyl (C=O) groups excluding carboxylic acids is 2. The minimum Gasteiger partial charge on any atom is -0.497 e. The van der Waals surface area contributed by atoms with Gasteiger partial charge in [-0.1, -0.05) is 48.5 Å². The van der Waals surface area contributed by atoms with Crippen molar-refractivity contribution < 1.29 is 33.7 Å². The van der Waals surface area contributed by atoms with Gasteiger partial charge in [0.2, 0.25) is 0 Å². The highest BCUT2D eigenvalue weighted by Crippen LogP contribution is 2.46. The van der Waals surface area contributed by atoms with Crippen molar-refractivity contribution >= 4 is 23.6 Å². The van der Waals surface area contributed by atoms with Crippen LogP contribution in [0.4, 0.5) is 5.69 Å². The molecule has 0 spiro atoms. The maximum atomic E-state index is 13.4. The zero-order chi connectivity index (χ0) is 29.0. The molecule has 0 saturated carbocycles. The van der Waals surface area contributed by atoms with Crippen LogP contribution in [0.15, 0.2) is 95.5 Å². The molecule has 40 heavy (non-hydrogen) atoms. The van der Waals surface area contributed by atoms with E-state index < -0.39 is 23.8 Å². The number of nitrogens with zero attached hydrogens (tertiary/aromatic N) is 2. The second-order valence-electron chi connectivity index (χ2n) is 8.57. The average molecular weight is 540 g/mol. The van der Waals surface area contributed by atoms with Crippen LogP contribution < -0.4 is 15.4 Å². The minimum absolute atomic E-state index is 0.0411. The number of hydrogen-bond donors (Lipinski definition) is 2. The van der Waals surface area contributed by atoms with Crippen molar-refractivity contribution in [1.82, 2.24) is 0 Å². The van der Waals surface area contributed by atoms with Crippen molar-refractivity contribution in [2.75, 3.05) is 26.2 Å². The Hall–Kier alpha value is -5.56. The highest BCUT2D eigenvalue weighted by atomic mass is 16.5. The topological polar surface area (TPSA) is 152 Å². The number of rotatable bonds is 7. The van der Waals surface area contributed by atoms with Gasteiger partial charge >= 0.3 is 17.9 Å². The molecule has 202 valence electrons. The Labute approximate surface area is 230 Å². The fraction of sp³-hybridized carbons (Fsp3) is 0.133. The van der Waals surface area contributed by atoms with Crippen molar-refractivity contribution in [3.8, 4) is 22.9 Å². The Kier molecular flexibility index (Phi) is 7.86. The van der Waals surface area contributed by atoms with Crippen LogP contribution in [0.3, 0.4) is 0 Å². The van der Waals surface area contributed by atoms with Crippen LogP contribution in [0, 0.1) is 11.3 Å². The van der Waals surface area contributed by atoms with Crippen LogP contribution in [0.5, 0.6) is 5.75 Å². The monoisotopic (exact) mass is 539 g/mol. The summed E-state index contributed by atoms with van der Waals surface area (Å²) in [6.45, 7) is 0. The molecule has 0 radical (unpaired) electrons. The number of allylic oxidation sites excluding steroid dienone is 1. The molecule has 3 aromatic rings. The van der Waals surface area contributed by atoms with E-state index in [4.69, 9.17) is 19.9 Å². The van der Waals surface area contributed by atoms with Crippen molar-refractivity contribution in [2.45, 2.75) is 5.92 Å². The van der Waals surface area contributed by atoms with Crippen molar-refractivity contribution in [1.29, 1.82) is 5.26 Å². The summed E-state index contributed by atoms with van der Waals surface area (Å²) in [5.74, 6) is -3.77. The predicted molar refractivity (Wildman–Crippen MR) is 145 cm³/mol. The van der Waals surface area contributed by atoms with Gasteiger partial charge in [-0.25, -0.2) is 14.4 Å². The third-order valence-electron chi connectivity index (χ3n) is 6.50. The first-order valence-corrected chi connectivity index (χ1v) is 11.9.